The monoisotopic (exact) mass is 330 g/mol. The van der Waals surface area contributed by atoms with Crippen LogP contribution in [0, 0.1) is 13.8 Å². The maximum absolute atomic E-state index is 4.77. The van der Waals surface area contributed by atoms with Crippen molar-refractivity contribution >= 4 is 22.5 Å². The highest BCUT2D eigenvalue weighted by Crippen LogP contribution is 2.31. The van der Waals surface area contributed by atoms with Crippen LogP contribution in [-0.2, 0) is 0 Å². The molecule has 0 unspecified atom stereocenters. The summed E-state index contributed by atoms with van der Waals surface area (Å²) in [6, 6.07) is 12.3. The van der Waals surface area contributed by atoms with E-state index in [1.54, 1.807) is 0 Å². The third kappa shape index (κ3) is 2.25. The van der Waals surface area contributed by atoms with Gasteiger partial charge < -0.3 is 4.90 Å². The Labute approximate surface area is 145 Å². The summed E-state index contributed by atoms with van der Waals surface area (Å²) in [4.78, 5) is 11.6. The minimum Gasteiger partial charge on any atom is -0.355 e. The van der Waals surface area contributed by atoms with Crippen molar-refractivity contribution in [1.82, 2.24) is 24.6 Å². The highest BCUT2D eigenvalue weighted by atomic mass is 15.3. The molecule has 0 N–H and O–H groups in total. The van der Waals surface area contributed by atoms with Crippen molar-refractivity contribution in [1.29, 1.82) is 0 Å². The molecule has 5 rings (SSSR count). The summed E-state index contributed by atoms with van der Waals surface area (Å²) in [5.41, 5.74) is 3.95. The molecule has 1 saturated heterocycles. The van der Waals surface area contributed by atoms with Crippen LogP contribution in [0.25, 0.3) is 16.7 Å². The predicted octanol–water partition coefficient (Wildman–Crippen LogP) is 2.89. The van der Waals surface area contributed by atoms with Gasteiger partial charge >= 0.3 is 0 Å². The van der Waals surface area contributed by atoms with Gasteiger partial charge in [0.05, 0.1) is 5.92 Å². The zero-order valence-electron chi connectivity index (χ0n) is 14.2. The number of rotatable bonds is 2. The summed E-state index contributed by atoms with van der Waals surface area (Å²) >= 11 is 0. The van der Waals surface area contributed by atoms with Crippen LogP contribution in [0.15, 0.2) is 42.6 Å². The van der Waals surface area contributed by atoms with Gasteiger partial charge in [-0.15, -0.1) is 10.2 Å². The summed E-state index contributed by atoms with van der Waals surface area (Å²) in [5, 5.41) is 9.74. The molecule has 0 aromatic carbocycles. The van der Waals surface area contributed by atoms with Crippen molar-refractivity contribution in [2.75, 3.05) is 18.0 Å². The Kier molecular flexibility index (Phi) is 3.00. The number of pyridine rings is 3. The molecule has 1 aliphatic rings. The number of fused-ring (bicyclic) bond motifs is 2. The van der Waals surface area contributed by atoms with E-state index in [2.05, 4.69) is 49.6 Å². The van der Waals surface area contributed by atoms with E-state index >= 15 is 0 Å². The molecule has 6 nitrogen and oxygen atoms in total. The molecule has 4 aromatic rings. The van der Waals surface area contributed by atoms with E-state index in [4.69, 9.17) is 4.98 Å². The van der Waals surface area contributed by atoms with Crippen LogP contribution in [-0.4, -0.2) is 37.7 Å². The molecular formula is C19H18N6. The van der Waals surface area contributed by atoms with Crippen LogP contribution in [0.3, 0.4) is 0 Å². The Morgan fingerprint density at radius 3 is 2.76 bits per heavy atom. The molecule has 6 heteroatoms. The van der Waals surface area contributed by atoms with Crippen LogP contribution in [0.2, 0.25) is 0 Å². The first kappa shape index (κ1) is 14.3. The Morgan fingerprint density at radius 2 is 1.88 bits per heavy atom. The lowest BCUT2D eigenvalue weighted by molar-refractivity contribution is 0.493. The van der Waals surface area contributed by atoms with Gasteiger partial charge in [0.1, 0.15) is 11.6 Å². The highest BCUT2D eigenvalue weighted by Gasteiger charge is 2.32. The standard InChI is InChI=1S/C19H18N6/c1-12-9-13(2)20-18-15(12)6-7-16(21-18)24-10-14(11-24)19-23-22-17-5-3-4-8-25(17)19/h3-9,14H,10-11H2,1-2H3. The summed E-state index contributed by atoms with van der Waals surface area (Å²) in [5.74, 6) is 2.38. The van der Waals surface area contributed by atoms with Crippen LogP contribution in [0.5, 0.6) is 0 Å². The van der Waals surface area contributed by atoms with E-state index < -0.39 is 0 Å². The Hall–Kier alpha value is -3.02. The van der Waals surface area contributed by atoms with Crippen LogP contribution < -0.4 is 4.90 Å². The van der Waals surface area contributed by atoms with Crippen molar-refractivity contribution in [3.05, 3.63) is 59.7 Å². The number of anilines is 1. The lowest BCUT2D eigenvalue weighted by atomic mass is 9.99. The molecule has 0 atom stereocenters. The smallest absolute Gasteiger partial charge is 0.162 e. The normalized spacial score (nSPS) is 15.0. The van der Waals surface area contributed by atoms with Crippen LogP contribution >= 0.6 is 0 Å². The fourth-order valence-corrected chi connectivity index (χ4v) is 3.57. The van der Waals surface area contributed by atoms with Gasteiger partial charge in [0.2, 0.25) is 0 Å². The van der Waals surface area contributed by atoms with Crippen molar-refractivity contribution in [2.45, 2.75) is 19.8 Å². The summed E-state index contributed by atoms with van der Waals surface area (Å²) in [6.07, 6.45) is 2.02. The van der Waals surface area contributed by atoms with Gasteiger partial charge in [-0.2, -0.15) is 0 Å². The molecule has 1 aliphatic heterocycles. The second-order valence-corrected chi connectivity index (χ2v) is 6.71. The largest absolute Gasteiger partial charge is 0.355 e. The average Bonchev–Trinajstić information content (AvgIpc) is 2.97. The van der Waals surface area contributed by atoms with Crippen molar-refractivity contribution in [3.8, 4) is 0 Å². The fraction of sp³-hybridized carbons (Fsp3) is 0.263. The topological polar surface area (TPSA) is 59.2 Å². The summed E-state index contributed by atoms with van der Waals surface area (Å²) < 4.78 is 2.07. The third-order valence-corrected chi connectivity index (χ3v) is 4.90. The Bertz CT molecular complexity index is 1090. The second kappa shape index (κ2) is 5.24. The molecule has 0 amide bonds. The fourth-order valence-electron chi connectivity index (χ4n) is 3.57. The van der Waals surface area contributed by atoms with E-state index in [0.29, 0.717) is 5.92 Å². The molecule has 124 valence electrons. The molecule has 0 saturated carbocycles. The van der Waals surface area contributed by atoms with E-state index in [1.807, 2.05) is 31.3 Å². The second-order valence-electron chi connectivity index (χ2n) is 6.71. The van der Waals surface area contributed by atoms with Crippen molar-refractivity contribution in [3.63, 3.8) is 0 Å². The molecule has 0 radical (unpaired) electrons. The average molecular weight is 330 g/mol. The predicted molar refractivity (Wildman–Crippen MR) is 97.0 cm³/mol. The quantitative estimate of drug-likeness (QED) is 0.565. The SMILES string of the molecule is Cc1cc(C)c2ccc(N3CC(c4nnc5ccccn45)C3)nc2n1. The Morgan fingerprint density at radius 1 is 1.00 bits per heavy atom. The number of nitrogens with zero attached hydrogens (tertiary/aromatic N) is 6. The van der Waals surface area contributed by atoms with Gasteiger partial charge in [-0.1, -0.05) is 6.07 Å². The zero-order chi connectivity index (χ0) is 17.0. The minimum absolute atomic E-state index is 0.377. The van der Waals surface area contributed by atoms with Crippen LogP contribution in [0.4, 0.5) is 5.82 Å². The maximum Gasteiger partial charge on any atom is 0.162 e. The van der Waals surface area contributed by atoms with Gasteiger partial charge in [-0.3, -0.25) is 4.40 Å². The van der Waals surface area contributed by atoms with E-state index in [-0.39, 0.29) is 0 Å². The molecule has 4 aromatic heterocycles. The van der Waals surface area contributed by atoms with Gasteiger partial charge in [-0.05, 0) is 49.7 Å². The highest BCUT2D eigenvalue weighted by molar-refractivity contribution is 5.80. The lowest BCUT2D eigenvalue weighted by Gasteiger charge is -2.39. The van der Waals surface area contributed by atoms with Gasteiger partial charge in [0, 0.05) is 30.4 Å². The molecule has 0 bridgehead atoms. The van der Waals surface area contributed by atoms with Crippen LogP contribution in [0.1, 0.15) is 23.0 Å². The van der Waals surface area contributed by atoms with E-state index in [9.17, 15) is 0 Å². The van der Waals surface area contributed by atoms with Gasteiger partial charge in [-0.25, -0.2) is 9.97 Å². The molecular weight excluding hydrogens is 312 g/mol. The molecule has 25 heavy (non-hydrogen) atoms. The number of hydrogen-bond acceptors (Lipinski definition) is 5. The van der Waals surface area contributed by atoms with Gasteiger partial charge in [0.25, 0.3) is 0 Å². The zero-order valence-corrected chi connectivity index (χ0v) is 14.2. The Balaban J connectivity index is 1.42. The summed E-state index contributed by atoms with van der Waals surface area (Å²) in [6.45, 7) is 5.92. The number of aryl methyl sites for hydroxylation is 2. The number of hydrogen-bond donors (Lipinski definition) is 0. The minimum atomic E-state index is 0.377. The summed E-state index contributed by atoms with van der Waals surface area (Å²) in [7, 11) is 0. The van der Waals surface area contributed by atoms with Gasteiger partial charge in [0.15, 0.2) is 11.3 Å². The molecule has 1 fully saturated rings. The molecule has 0 aliphatic carbocycles. The number of aromatic nitrogens is 5. The first-order valence-electron chi connectivity index (χ1n) is 8.48. The van der Waals surface area contributed by atoms with Crippen molar-refractivity contribution < 1.29 is 0 Å². The molecule has 0 spiro atoms. The maximum atomic E-state index is 4.77. The lowest BCUT2D eigenvalue weighted by Crippen LogP contribution is -2.46. The first-order valence-corrected chi connectivity index (χ1v) is 8.48. The van der Waals surface area contributed by atoms with E-state index in [0.717, 1.165) is 47.1 Å². The van der Waals surface area contributed by atoms with Crippen molar-refractivity contribution in [2.24, 2.45) is 0 Å². The van der Waals surface area contributed by atoms with E-state index in [1.165, 1.54) is 5.56 Å². The third-order valence-electron chi connectivity index (χ3n) is 4.90. The first-order chi connectivity index (χ1) is 12.2. The molecule has 5 heterocycles.